The summed E-state index contributed by atoms with van der Waals surface area (Å²) in [7, 11) is 2.08. The largest absolute Gasteiger partial charge is 0.438 e. The van der Waals surface area contributed by atoms with Crippen molar-refractivity contribution in [3.63, 3.8) is 0 Å². The summed E-state index contributed by atoms with van der Waals surface area (Å²) >= 11 is 0. The molecule has 0 atom stereocenters. The number of benzene rings is 3. The first kappa shape index (κ1) is 17.8. The van der Waals surface area contributed by atoms with Crippen LogP contribution in [-0.4, -0.2) is 9.55 Å². The Morgan fingerprint density at radius 1 is 0.903 bits per heavy atom. The number of para-hydroxylation sites is 3. The van der Waals surface area contributed by atoms with Crippen LogP contribution in [0.3, 0.4) is 0 Å². The normalized spacial score (nSPS) is 11.7. The highest BCUT2D eigenvalue weighted by Crippen LogP contribution is 2.35. The number of pyridine rings is 1. The Labute approximate surface area is 177 Å². The third-order valence-electron chi connectivity index (χ3n) is 5.92. The molecule has 0 bridgehead atoms. The summed E-state index contributed by atoms with van der Waals surface area (Å²) < 4.78 is 24.0. The fourth-order valence-electron chi connectivity index (χ4n) is 4.48. The molecule has 5 heteroatoms. The molecule has 3 heterocycles. The lowest BCUT2D eigenvalue weighted by Crippen LogP contribution is -2.30. The van der Waals surface area contributed by atoms with Gasteiger partial charge >= 0.3 is 0 Å². The van der Waals surface area contributed by atoms with Gasteiger partial charge in [0.1, 0.15) is 11.3 Å². The molecule has 4 nitrogen and oxygen atoms in total. The first-order valence-corrected chi connectivity index (χ1v) is 10.2. The predicted octanol–water partition coefficient (Wildman–Crippen LogP) is 5.86. The second-order valence-corrected chi connectivity index (χ2v) is 7.79. The molecule has 0 aliphatic carbocycles. The minimum absolute atomic E-state index is 0.319. The maximum absolute atomic E-state index is 13.6. The molecule has 0 unspecified atom stereocenters. The second kappa shape index (κ2) is 6.51. The van der Waals surface area contributed by atoms with Crippen molar-refractivity contribution in [3.05, 3.63) is 90.4 Å². The SMILES string of the molecule is Cc1cc2c(cc1-c1n(-c3ccccc3)c3ccccc3[n+]1C)oc1nc(F)ccc12. The zero-order valence-corrected chi connectivity index (χ0v) is 17.1. The molecule has 0 aliphatic heterocycles. The fraction of sp³-hybridized carbons (Fsp3) is 0.0769. The number of nitrogens with zero attached hydrogens (tertiary/aromatic N) is 3. The monoisotopic (exact) mass is 408 g/mol. The van der Waals surface area contributed by atoms with Crippen LogP contribution in [0.25, 0.3) is 50.2 Å². The molecule has 6 aromatic rings. The van der Waals surface area contributed by atoms with Gasteiger partial charge in [0.2, 0.25) is 11.7 Å². The molecule has 0 spiro atoms. The van der Waals surface area contributed by atoms with Crippen LogP contribution in [0.2, 0.25) is 0 Å². The average Bonchev–Trinajstić information content (AvgIpc) is 3.28. The van der Waals surface area contributed by atoms with E-state index in [1.807, 2.05) is 24.3 Å². The molecular weight excluding hydrogens is 389 g/mol. The minimum Gasteiger partial charge on any atom is -0.438 e. The van der Waals surface area contributed by atoms with Crippen LogP contribution in [0.1, 0.15) is 5.56 Å². The first-order chi connectivity index (χ1) is 15.1. The Kier molecular flexibility index (Phi) is 3.74. The zero-order valence-electron chi connectivity index (χ0n) is 17.1. The third kappa shape index (κ3) is 2.60. The van der Waals surface area contributed by atoms with Gasteiger partial charge in [-0.1, -0.05) is 30.3 Å². The molecule has 31 heavy (non-hydrogen) atoms. The number of furan rings is 1. The van der Waals surface area contributed by atoms with E-state index in [4.69, 9.17) is 4.42 Å². The van der Waals surface area contributed by atoms with E-state index in [-0.39, 0.29) is 0 Å². The van der Waals surface area contributed by atoms with E-state index in [0.29, 0.717) is 11.3 Å². The molecule has 0 saturated heterocycles. The van der Waals surface area contributed by atoms with Gasteiger partial charge in [-0.25, -0.2) is 4.57 Å². The number of aryl methyl sites for hydroxylation is 2. The number of aromatic nitrogens is 3. The lowest BCUT2D eigenvalue weighted by molar-refractivity contribution is -0.633. The van der Waals surface area contributed by atoms with E-state index < -0.39 is 5.95 Å². The van der Waals surface area contributed by atoms with Crippen molar-refractivity contribution in [1.82, 2.24) is 9.55 Å². The van der Waals surface area contributed by atoms with E-state index in [1.165, 1.54) is 6.07 Å². The summed E-state index contributed by atoms with van der Waals surface area (Å²) in [6, 6.07) is 25.9. The zero-order chi connectivity index (χ0) is 21.1. The van der Waals surface area contributed by atoms with Gasteiger partial charge in [-0.05, 0) is 61.0 Å². The van der Waals surface area contributed by atoms with Crippen molar-refractivity contribution < 1.29 is 13.4 Å². The first-order valence-electron chi connectivity index (χ1n) is 10.2. The second-order valence-electron chi connectivity index (χ2n) is 7.79. The number of hydrogen-bond acceptors (Lipinski definition) is 2. The van der Waals surface area contributed by atoms with Crippen molar-refractivity contribution >= 4 is 33.1 Å². The Morgan fingerprint density at radius 3 is 2.52 bits per heavy atom. The number of hydrogen-bond donors (Lipinski definition) is 0. The smallest absolute Gasteiger partial charge is 0.295 e. The van der Waals surface area contributed by atoms with E-state index in [0.717, 1.165) is 44.4 Å². The van der Waals surface area contributed by atoms with Crippen molar-refractivity contribution in [2.75, 3.05) is 0 Å². The van der Waals surface area contributed by atoms with E-state index in [1.54, 1.807) is 6.07 Å². The molecule has 0 N–H and O–H groups in total. The van der Waals surface area contributed by atoms with Crippen LogP contribution in [0.4, 0.5) is 4.39 Å². The maximum atomic E-state index is 13.6. The molecule has 3 aromatic carbocycles. The van der Waals surface area contributed by atoms with Gasteiger partial charge < -0.3 is 4.42 Å². The summed E-state index contributed by atoms with van der Waals surface area (Å²) in [5.41, 5.74) is 6.51. The number of imidazole rings is 1. The molecule has 0 amide bonds. The van der Waals surface area contributed by atoms with Crippen molar-refractivity contribution in [2.24, 2.45) is 7.05 Å². The molecule has 0 saturated carbocycles. The summed E-state index contributed by atoms with van der Waals surface area (Å²) in [5, 5.41) is 1.76. The maximum Gasteiger partial charge on any atom is 0.295 e. The van der Waals surface area contributed by atoms with Crippen LogP contribution >= 0.6 is 0 Å². The van der Waals surface area contributed by atoms with Crippen LogP contribution < -0.4 is 4.57 Å². The van der Waals surface area contributed by atoms with Crippen LogP contribution in [-0.2, 0) is 7.05 Å². The number of rotatable bonds is 2. The van der Waals surface area contributed by atoms with Crippen LogP contribution in [0.5, 0.6) is 0 Å². The summed E-state index contributed by atoms with van der Waals surface area (Å²) in [6.07, 6.45) is 0. The van der Waals surface area contributed by atoms with E-state index in [2.05, 4.69) is 70.6 Å². The average molecular weight is 408 g/mol. The molecule has 0 fully saturated rings. The fourth-order valence-corrected chi connectivity index (χ4v) is 4.48. The lowest BCUT2D eigenvalue weighted by atomic mass is 10.0. The Balaban J connectivity index is 1.71. The quantitative estimate of drug-likeness (QED) is 0.266. The third-order valence-corrected chi connectivity index (χ3v) is 5.92. The van der Waals surface area contributed by atoms with Gasteiger partial charge in [-0.15, -0.1) is 0 Å². The summed E-state index contributed by atoms with van der Waals surface area (Å²) in [4.78, 5) is 3.92. The van der Waals surface area contributed by atoms with Gasteiger partial charge in [-0.2, -0.15) is 13.9 Å². The lowest BCUT2D eigenvalue weighted by Gasteiger charge is -2.06. The molecule has 150 valence electrons. The standard InChI is InChI=1S/C26H19FN3O/c1-16-14-20-18-12-13-24(27)28-25(18)31-23(20)15-19(16)26-29(2)21-10-6-7-11-22(21)30(26)17-8-4-3-5-9-17/h3-15H,1-2H3/q+1. The molecule has 3 aromatic heterocycles. The van der Waals surface area contributed by atoms with Crippen LogP contribution in [0, 0.1) is 12.9 Å². The predicted molar refractivity (Wildman–Crippen MR) is 120 cm³/mol. The Morgan fingerprint density at radius 2 is 1.68 bits per heavy atom. The van der Waals surface area contributed by atoms with Crippen molar-refractivity contribution in [2.45, 2.75) is 6.92 Å². The van der Waals surface area contributed by atoms with Crippen LogP contribution in [0.15, 0.2) is 83.3 Å². The minimum atomic E-state index is -0.542. The molecular formula is C26H19FN3O+. The molecule has 0 radical (unpaired) electrons. The van der Waals surface area contributed by atoms with Gasteiger partial charge in [0.25, 0.3) is 5.82 Å². The van der Waals surface area contributed by atoms with Gasteiger partial charge in [0.05, 0.1) is 12.6 Å². The van der Waals surface area contributed by atoms with Gasteiger partial charge in [0, 0.05) is 10.8 Å². The number of fused-ring (bicyclic) bond motifs is 4. The highest BCUT2D eigenvalue weighted by Gasteiger charge is 2.27. The highest BCUT2D eigenvalue weighted by molar-refractivity contribution is 6.05. The van der Waals surface area contributed by atoms with Crippen molar-refractivity contribution in [3.8, 4) is 17.1 Å². The Hall–Kier alpha value is -3.99. The highest BCUT2D eigenvalue weighted by atomic mass is 19.1. The summed E-state index contributed by atoms with van der Waals surface area (Å²) in [5.74, 6) is 0.505. The van der Waals surface area contributed by atoms with Gasteiger partial charge in [-0.3, -0.25) is 0 Å². The van der Waals surface area contributed by atoms with E-state index in [9.17, 15) is 4.39 Å². The van der Waals surface area contributed by atoms with Gasteiger partial charge in [0.15, 0.2) is 11.0 Å². The number of halogens is 1. The van der Waals surface area contributed by atoms with E-state index >= 15 is 0 Å². The van der Waals surface area contributed by atoms with Crippen molar-refractivity contribution in [1.29, 1.82) is 0 Å². The Bertz CT molecular complexity index is 1610. The molecule has 0 aliphatic rings. The topological polar surface area (TPSA) is 34.8 Å². The summed E-state index contributed by atoms with van der Waals surface area (Å²) in [6.45, 7) is 2.09. The molecule has 6 rings (SSSR count).